The van der Waals surface area contributed by atoms with E-state index in [0.29, 0.717) is 43.7 Å². The largest absolute Gasteiger partial charge is 0.493 e. The minimum Gasteiger partial charge on any atom is -0.493 e. The van der Waals surface area contributed by atoms with E-state index < -0.39 is 0 Å². The van der Waals surface area contributed by atoms with Crippen molar-refractivity contribution in [2.75, 3.05) is 26.3 Å². The fourth-order valence-corrected chi connectivity index (χ4v) is 4.65. The molecule has 0 aliphatic heterocycles. The lowest BCUT2D eigenvalue weighted by Crippen LogP contribution is -2.26. The molecule has 7 nitrogen and oxygen atoms in total. The number of thiazole rings is 1. The van der Waals surface area contributed by atoms with Crippen molar-refractivity contribution in [3.05, 3.63) is 77.1 Å². The molecule has 1 aromatic heterocycles. The molecule has 0 bridgehead atoms. The van der Waals surface area contributed by atoms with Gasteiger partial charge < -0.3 is 14.2 Å². The molecule has 1 amide bonds. The zero-order valence-corrected chi connectivity index (χ0v) is 22.4. The summed E-state index contributed by atoms with van der Waals surface area (Å²) in [6, 6.07) is 15.2. The number of methoxy groups -OCH3 is 3. The van der Waals surface area contributed by atoms with Gasteiger partial charge in [0.05, 0.1) is 37.8 Å². The van der Waals surface area contributed by atoms with Crippen LogP contribution in [-0.4, -0.2) is 38.4 Å². The number of hydrazone groups is 1. The second-order valence-electron chi connectivity index (χ2n) is 9.26. The molecule has 0 fully saturated rings. The van der Waals surface area contributed by atoms with Gasteiger partial charge in [0.2, 0.25) is 10.9 Å². The Hall–Kier alpha value is -3.98. The van der Waals surface area contributed by atoms with Crippen molar-refractivity contribution < 1.29 is 23.4 Å². The maximum Gasteiger partial charge on any atom is 0.280 e. The summed E-state index contributed by atoms with van der Waals surface area (Å²) in [4.78, 5) is 18.2. The maximum absolute atomic E-state index is 13.8. The second-order valence-corrected chi connectivity index (χ2v) is 10.3. The molecular formula is C28H28FN3O4S. The summed E-state index contributed by atoms with van der Waals surface area (Å²) < 4.78 is 30.7. The van der Waals surface area contributed by atoms with E-state index in [2.05, 4.69) is 30.9 Å². The van der Waals surface area contributed by atoms with Gasteiger partial charge in [0.15, 0.2) is 11.5 Å². The Morgan fingerprint density at radius 2 is 1.62 bits per heavy atom. The molecule has 0 spiro atoms. The molecule has 0 N–H and O–H groups in total. The lowest BCUT2D eigenvalue weighted by Gasteiger charge is -2.20. The zero-order chi connectivity index (χ0) is 26.7. The van der Waals surface area contributed by atoms with Crippen LogP contribution < -0.4 is 19.2 Å². The van der Waals surface area contributed by atoms with Crippen LogP contribution in [0.15, 0.2) is 59.7 Å². The first-order valence-electron chi connectivity index (χ1n) is 11.5. The molecule has 0 atom stereocenters. The van der Waals surface area contributed by atoms with E-state index in [0.717, 1.165) is 5.56 Å². The van der Waals surface area contributed by atoms with Crippen LogP contribution >= 0.6 is 11.3 Å². The summed E-state index contributed by atoms with van der Waals surface area (Å²) in [5, 5.41) is 6.03. The SMILES string of the molecule is COc1cc(/C=N/N(C(=O)c2ccc(C(C)(C)C)cc2)c2nc3ccc(F)cc3s2)cc(OC)c1OC. The Bertz CT molecular complexity index is 1430. The van der Waals surface area contributed by atoms with Crippen LogP contribution in [0.1, 0.15) is 42.3 Å². The van der Waals surface area contributed by atoms with Crippen molar-refractivity contribution in [2.45, 2.75) is 26.2 Å². The van der Waals surface area contributed by atoms with Gasteiger partial charge in [-0.25, -0.2) is 9.37 Å². The molecule has 0 saturated heterocycles. The molecule has 0 aliphatic rings. The van der Waals surface area contributed by atoms with Gasteiger partial charge in [-0.3, -0.25) is 4.79 Å². The summed E-state index contributed by atoms with van der Waals surface area (Å²) >= 11 is 1.18. The van der Waals surface area contributed by atoms with Crippen LogP contribution in [0.5, 0.6) is 17.2 Å². The monoisotopic (exact) mass is 521 g/mol. The van der Waals surface area contributed by atoms with Gasteiger partial charge in [-0.1, -0.05) is 44.2 Å². The van der Waals surface area contributed by atoms with Crippen molar-refractivity contribution in [2.24, 2.45) is 5.10 Å². The summed E-state index contributed by atoms with van der Waals surface area (Å²) in [6.07, 6.45) is 1.51. The highest BCUT2D eigenvalue weighted by atomic mass is 32.1. The topological polar surface area (TPSA) is 73.2 Å². The lowest BCUT2D eigenvalue weighted by molar-refractivity contribution is 0.0988. The minimum atomic E-state index is -0.376. The van der Waals surface area contributed by atoms with Crippen LogP contribution in [0.2, 0.25) is 0 Å². The molecule has 0 aliphatic carbocycles. The van der Waals surface area contributed by atoms with Gasteiger partial charge in [-0.05, 0) is 53.4 Å². The first-order valence-corrected chi connectivity index (χ1v) is 12.3. The van der Waals surface area contributed by atoms with E-state index in [1.54, 1.807) is 30.3 Å². The summed E-state index contributed by atoms with van der Waals surface area (Å²) in [6.45, 7) is 6.33. The van der Waals surface area contributed by atoms with Crippen molar-refractivity contribution >= 4 is 38.8 Å². The maximum atomic E-state index is 13.8. The van der Waals surface area contributed by atoms with Gasteiger partial charge in [0, 0.05) is 11.1 Å². The minimum absolute atomic E-state index is 0.0526. The highest BCUT2D eigenvalue weighted by molar-refractivity contribution is 7.22. The van der Waals surface area contributed by atoms with Crippen molar-refractivity contribution in [1.29, 1.82) is 0 Å². The number of rotatable bonds is 7. The van der Waals surface area contributed by atoms with Gasteiger partial charge >= 0.3 is 0 Å². The smallest absolute Gasteiger partial charge is 0.280 e. The van der Waals surface area contributed by atoms with Gasteiger partial charge in [0.1, 0.15) is 5.82 Å². The number of halogens is 1. The highest BCUT2D eigenvalue weighted by Gasteiger charge is 2.23. The number of fused-ring (bicyclic) bond motifs is 1. The van der Waals surface area contributed by atoms with Gasteiger partial charge in [0.25, 0.3) is 5.91 Å². The fraction of sp³-hybridized carbons (Fsp3) is 0.250. The Morgan fingerprint density at radius 1 is 0.973 bits per heavy atom. The van der Waals surface area contributed by atoms with E-state index in [-0.39, 0.29) is 17.1 Å². The highest BCUT2D eigenvalue weighted by Crippen LogP contribution is 2.38. The van der Waals surface area contributed by atoms with Crippen LogP contribution in [0.25, 0.3) is 10.2 Å². The zero-order valence-electron chi connectivity index (χ0n) is 21.5. The second kappa shape index (κ2) is 10.6. The third-order valence-electron chi connectivity index (χ3n) is 5.72. The number of aromatic nitrogens is 1. The first kappa shape index (κ1) is 26.1. The van der Waals surface area contributed by atoms with Crippen LogP contribution in [0.3, 0.4) is 0 Å². The van der Waals surface area contributed by atoms with E-state index in [9.17, 15) is 9.18 Å². The lowest BCUT2D eigenvalue weighted by atomic mass is 9.87. The number of ether oxygens (including phenoxy) is 3. The standard InChI is InChI=1S/C28H28FN3O4S/c1-28(2,3)19-9-7-18(8-10-19)26(33)32(27-31-21-12-11-20(29)15-24(21)37-27)30-16-17-13-22(34-4)25(36-6)23(14-17)35-5/h7-16H,1-6H3/b30-16+. The molecule has 1 heterocycles. The molecule has 9 heteroatoms. The average Bonchev–Trinajstić information content (AvgIpc) is 3.30. The molecule has 37 heavy (non-hydrogen) atoms. The Morgan fingerprint density at radius 3 is 2.19 bits per heavy atom. The average molecular weight is 522 g/mol. The third-order valence-corrected chi connectivity index (χ3v) is 6.71. The van der Waals surface area contributed by atoms with Gasteiger partial charge in [-0.2, -0.15) is 10.1 Å². The number of amides is 1. The molecule has 4 rings (SSSR count). The summed E-state index contributed by atoms with van der Waals surface area (Å²) in [7, 11) is 4.57. The molecule has 4 aromatic rings. The summed E-state index contributed by atoms with van der Waals surface area (Å²) in [5.74, 6) is 0.606. The molecule has 0 unspecified atom stereocenters. The van der Waals surface area contributed by atoms with Crippen LogP contribution in [0, 0.1) is 5.82 Å². The number of hydrogen-bond acceptors (Lipinski definition) is 7. The van der Waals surface area contributed by atoms with E-state index in [4.69, 9.17) is 14.2 Å². The molecule has 3 aromatic carbocycles. The first-order chi connectivity index (χ1) is 17.6. The van der Waals surface area contributed by atoms with Crippen LogP contribution in [0.4, 0.5) is 9.52 Å². The van der Waals surface area contributed by atoms with E-state index in [1.165, 1.54) is 56.0 Å². The molecule has 0 saturated carbocycles. The van der Waals surface area contributed by atoms with Crippen molar-refractivity contribution in [3.63, 3.8) is 0 Å². The van der Waals surface area contributed by atoms with Gasteiger partial charge in [-0.15, -0.1) is 0 Å². The molecular weight excluding hydrogens is 493 g/mol. The van der Waals surface area contributed by atoms with Crippen LogP contribution in [-0.2, 0) is 5.41 Å². The van der Waals surface area contributed by atoms with Crippen molar-refractivity contribution in [1.82, 2.24) is 4.98 Å². The van der Waals surface area contributed by atoms with E-state index >= 15 is 0 Å². The quantitative estimate of drug-likeness (QED) is 0.207. The van der Waals surface area contributed by atoms with E-state index in [1.807, 2.05) is 12.1 Å². The predicted molar refractivity (Wildman–Crippen MR) is 145 cm³/mol. The third kappa shape index (κ3) is 5.56. The Balaban J connectivity index is 1.77. The number of anilines is 1. The number of carbonyl (C=O) groups excluding carboxylic acids is 1. The number of benzene rings is 3. The number of hydrogen-bond donors (Lipinski definition) is 0. The number of nitrogens with zero attached hydrogens (tertiary/aromatic N) is 3. The van der Waals surface area contributed by atoms with Crippen molar-refractivity contribution in [3.8, 4) is 17.2 Å². The Labute approximate surface area is 219 Å². The molecule has 0 radical (unpaired) electrons. The number of carbonyl (C=O) groups is 1. The summed E-state index contributed by atoms with van der Waals surface area (Å²) in [5.41, 5.74) is 2.68. The predicted octanol–water partition coefficient (Wildman–Crippen LogP) is 6.44. The normalized spacial score (nSPS) is 11.6. The molecule has 192 valence electrons. The fourth-order valence-electron chi connectivity index (χ4n) is 3.70. The Kier molecular flexibility index (Phi) is 7.45.